The summed E-state index contributed by atoms with van der Waals surface area (Å²) in [6, 6.07) is 8.38. The first-order valence-corrected chi connectivity index (χ1v) is 10.2. The van der Waals surface area contributed by atoms with Crippen LogP contribution >= 0.6 is 0 Å². The van der Waals surface area contributed by atoms with E-state index in [0.717, 1.165) is 41.9 Å². The van der Waals surface area contributed by atoms with Crippen molar-refractivity contribution >= 4 is 12.2 Å². The maximum absolute atomic E-state index is 11.9. The number of ether oxygens (including phenoxy) is 2. The first kappa shape index (κ1) is 20.8. The zero-order valence-corrected chi connectivity index (χ0v) is 17.3. The zero-order chi connectivity index (χ0) is 20.8. The molecule has 1 aromatic heterocycles. The van der Waals surface area contributed by atoms with Crippen molar-refractivity contribution in [1.29, 1.82) is 0 Å². The molecule has 0 spiro atoms. The minimum atomic E-state index is -0.447. The third-order valence-corrected chi connectivity index (χ3v) is 5.19. The second-order valence-electron chi connectivity index (χ2n) is 6.95. The monoisotopic (exact) mass is 399 g/mol. The number of fused-ring (bicyclic) bond motifs is 2. The van der Waals surface area contributed by atoms with Crippen LogP contribution in [0.25, 0.3) is 0 Å². The minimum Gasteiger partial charge on any atom is -0.445 e. The molecule has 0 saturated heterocycles. The van der Waals surface area contributed by atoms with Gasteiger partial charge < -0.3 is 24.7 Å². The molecular formula is C22H29N3O4. The van der Waals surface area contributed by atoms with Gasteiger partial charge in [0, 0.05) is 48.6 Å². The number of hydrogen-bond acceptors (Lipinski definition) is 4. The zero-order valence-electron chi connectivity index (χ0n) is 17.3. The lowest BCUT2D eigenvalue weighted by Gasteiger charge is -2.22. The van der Waals surface area contributed by atoms with Gasteiger partial charge in [-0.15, -0.1) is 0 Å². The molecule has 156 valence electrons. The maximum Gasteiger partial charge on any atom is 0.407 e. The van der Waals surface area contributed by atoms with Crippen LogP contribution in [0.3, 0.4) is 0 Å². The number of amides is 2. The van der Waals surface area contributed by atoms with E-state index in [1.54, 1.807) is 0 Å². The van der Waals surface area contributed by atoms with Gasteiger partial charge >= 0.3 is 12.2 Å². The number of aromatic nitrogens is 1. The molecule has 2 N–H and O–H groups in total. The first-order chi connectivity index (χ1) is 14.1. The fourth-order valence-electron chi connectivity index (χ4n) is 3.88. The summed E-state index contributed by atoms with van der Waals surface area (Å²) in [4.78, 5) is 23.8. The Kier molecular flexibility index (Phi) is 6.80. The Morgan fingerprint density at radius 1 is 0.931 bits per heavy atom. The first-order valence-electron chi connectivity index (χ1n) is 10.2. The molecule has 29 heavy (non-hydrogen) atoms. The summed E-state index contributed by atoms with van der Waals surface area (Å²) < 4.78 is 13.2. The van der Waals surface area contributed by atoms with Gasteiger partial charge in [0.1, 0.15) is 13.2 Å². The molecule has 1 aromatic carbocycles. The lowest BCUT2D eigenvalue weighted by atomic mass is 9.97. The number of rotatable bonds is 7. The number of alkyl carbamates (subject to hydrolysis) is 2. The van der Waals surface area contributed by atoms with Gasteiger partial charge in [-0.3, -0.25) is 0 Å². The highest BCUT2D eigenvalue weighted by Crippen LogP contribution is 2.33. The topological polar surface area (TPSA) is 81.6 Å². The molecule has 0 bridgehead atoms. The summed E-state index contributed by atoms with van der Waals surface area (Å²) in [5.41, 5.74) is 6.68. The summed E-state index contributed by atoms with van der Waals surface area (Å²) in [7, 11) is 0. The molecular weight excluding hydrogens is 370 g/mol. The Morgan fingerprint density at radius 3 is 2.10 bits per heavy atom. The van der Waals surface area contributed by atoms with E-state index in [0.29, 0.717) is 13.1 Å². The molecule has 0 aliphatic carbocycles. The lowest BCUT2D eigenvalue weighted by molar-refractivity contribution is 0.132. The van der Waals surface area contributed by atoms with Crippen molar-refractivity contribution in [1.82, 2.24) is 15.2 Å². The summed E-state index contributed by atoms with van der Waals surface area (Å²) in [5.74, 6) is 0. The standard InChI is InChI=1S/C22H29N3O4/c1-4-19-17(13-28-21(26)23-5-2)18(14-29-22(27)24-6-3)20-11-15-9-7-8-10-16(15)12-25(19)20/h7-10H,4-6,11-14H2,1-3H3,(H,23,26)(H,24,27). The van der Waals surface area contributed by atoms with Crippen LogP contribution < -0.4 is 10.6 Å². The van der Waals surface area contributed by atoms with Crippen molar-refractivity contribution in [3.8, 4) is 0 Å². The fourth-order valence-corrected chi connectivity index (χ4v) is 3.88. The largest absolute Gasteiger partial charge is 0.445 e. The number of hydrogen-bond donors (Lipinski definition) is 2. The Hall–Kier alpha value is -2.96. The van der Waals surface area contributed by atoms with Crippen molar-refractivity contribution in [3.63, 3.8) is 0 Å². The predicted molar refractivity (Wildman–Crippen MR) is 110 cm³/mol. The Labute approximate surface area is 171 Å². The van der Waals surface area contributed by atoms with Gasteiger partial charge in [-0.25, -0.2) is 9.59 Å². The number of nitrogens with zero attached hydrogens (tertiary/aromatic N) is 1. The van der Waals surface area contributed by atoms with E-state index in [4.69, 9.17) is 9.47 Å². The number of benzene rings is 1. The highest BCUT2D eigenvalue weighted by molar-refractivity contribution is 5.68. The smallest absolute Gasteiger partial charge is 0.407 e. The molecule has 0 atom stereocenters. The van der Waals surface area contributed by atoms with E-state index in [1.165, 1.54) is 11.1 Å². The molecule has 2 heterocycles. The van der Waals surface area contributed by atoms with Crippen molar-refractivity contribution in [2.24, 2.45) is 0 Å². The summed E-state index contributed by atoms with van der Waals surface area (Å²) in [6.07, 6.45) is 0.665. The molecule has 0 unspecified atom stereocenters. The van der Waals surface area contributed by atoms with Gasteiger partial charge in [0.2, 0.25) is 0 Å². The third-order valence-electron chi connectivity index (χ3n) is 5.19. The van der Waals surface area contributed by atoms with Crippen LogP contribution in [0.15, 0.2) is 24.3 Å². The quantitative estimate of drug-likeness (QED) is 0.637. The van der Waals surface area contributed by atoms with E-state index in [2.05, 4.69) is 40.3 Å². The maximum atomic E-state index is 11.9. The van der Waals surface area contributed by atoms with Crippen LogP contribution in [0.1, 0.15) is 54.4 Å². The van der Waals surface area contributed by atoms with Crippen molar-refractivity contribution < 1.29 is 19.1 Å². The van der Waals surface area contributed by atoms with Crippen molar-refractivity contribution in [2.75, 3.05) is 13.1 Å². The van der Waals surface area contributed by atoms with E-state index in [-0.39, 0.29) is 13.2 Å². The van der Waals surface area contributed by atoms with E-state index >= 15 is 0 Å². The van der Waals surface area contributed by atoms with Gasteiger partial charge in [0.05, 0.1) is 0 Å². The molecule has 7 heteroatoms. The minimum absolute atomic E-state index is 0.150. The van der Waals surface area contributed by atoms with Gasteiger partial charge in [-0.2, -0.15) is 0 Å². The second kappa shape index (κ2) is 9.49. The van der Waals surface area contributed by atoms with Crippen molar-refractivity contribution in [2.45, 2.75) is 53.4 Å². The molecule has 1 aliphatic rings. The number of carbonyl (C=O) groups is 2. The number of carbonyl (C=O) groups excluding carboxylic acids is 2. The molecule has 3 rings (SSSR count). The van der Waals surface area contributed by atoms with Crippen molar-refractivity contribution in [3.05, 3.63) is 57.9 Å². The lowest BCUT2D eigenvalue weighted by Crippen LogP contribution is -2.24. The van der Waals surface area contributed by atoms with Crippen LogP contribution in [-0.4, -0.2) is 29.8 Å². The molecule has 0 saturated carbocycles. The Bertz CT molecular complexity index is 888. The summed E-state index contributed by atoms with van der Waals surface area (Å²) in [6.45, 7) is 7.87. The summed E-state index contributed by atoms with van der Waals surface area (Å²) in [5, 5.41) is 5.31. The SMILES string of the molecule is CCNC(=O)OCc1c(COC(=O)NCC)c2n(c1CC)Cc1ccccc1C2. The molecule has 7 nitrogen and oxygen atoms in total. The predicted octanol–water partition coefficient (Wildman–Crippen LogP) is 3.50. The highest BCUT2D eigenvalue weighted by Gasteiger charge is 2.27. The average Bonchev–Trinajstić information content (AvgIpc) is 3.01. The van der Waals surface area contributed by atoms with Crippen LogP contribution in [0.5, 0.6) is 0 Å². The van der Waals surface area contributed by atoms with Gasteiger partial charge in [-0.1, -0.05) is 31.2 Å². The molecule has 0 radical (unpaired) electrons. The summed E-state index contributed by atoms with van der Waals surface area (Å²) >= 11 is 0. The van der Waals surface area contributed by atoms with Crippen LogP contribution in [-0.2, 0) is 42.1 Å². The Balaban J connectivity index is 1.95. The van der Waals surface area contributed by atoms with Gasteiger partial charge in [0.15, 0.2) is 0 Å². The van der Waals surface area contributed by atoms with Crippen LogP contribution in [0.4, 0.5) is 9.59 Å². The number of nitrogens with one attached hydrogen (secondary N) is 2. The van der Waals surface area contributed by atoms with Gasteiger partial charge in [-0.05, 0) is 31.4 Å². The van der Waals surface area contributed by atoms with Crippen LogP contribution in [0, 0.1) is 0 Å². The fraction of sp³-hybridized carbons (Fsp3) is 0.455. The normalized spacial score (nSPS) is 12.0. The van der Waals surface area contributed by atoms with E-state index in [9.17, 15) is 9.59 Å². The molecule has 2 aromatic rings. The highest BCUT2D eigenvalue weighted by atomic mass is 16.6. The van der Waals surface area contributed by atoms with Gasteiger partial charge in [0.25, 0.3) is 0 Å². The molecule has 2 amide bonds. The van der Waals surface area contributed by atoms with Crippen LogP contribution in [0.2, 0.25) is 0 Å². The average molecular weight is 399 g/mol. The van der Waals surface area contributed by atoms with E-state index in [1.807, 2.05) is 19.9 Å². The van der Waals surface area contributed by atoms with E-state index < -0.39 is 12.2 Å². The third kappa shape index (κ3) is 4.55. The Morgan fingerprint density at radius 2 is 1.52 bits per heavy atom. The molecule has 1 aliphatic heterocycles. The molecule has 0 fully saturated rings. The second-order valence-corrected chi connectivity index (χ2v) is 6.95.